The van der Waals surface area contributed by atoms with E-state index in [4.69, 9.17) is 14.2 Å². The van der Waals surface area contributed by atoms with E-state index < -0.39 is 5.97 Å². The molecule has 37 heavy (non-hydrogen) atoms. The molecule has 2 amide bonds. The van der Waals surface area contributed by atoms with Gasteiger partial charge in [-0.15, -0.1) is 0 Å². The van der Waals surface area contributed by atoms with Crippen LogP contribution in [0.4, 0.5) is 5.69 Å². The fourth-order valence-corrected chi connectivity index (χ4v) is 4.05. The van der Waals surface area contributed by atoms with E-state index in [1.165, 1.54) is 13.5 Å². The molecule has 1 aliphatic heterocycles. The second-order valence-corrected chi connectivity index (χ2v) is 8.71. The maximum atomic E-state index is 12.5. The fraction of sp³-hybridized carbons (Fsp3) is 0.276. The van der Waals surface area contributed by atoms with Gasteiger partial charge >= 0.3 is 5.97 Å². The van der Waals surface area contributed by atoms with Crippen LogP contribution in [0.25, 0.3) is 0 Å². The van der Waals surface area contributed by atoms with Crippen molar-refractivity contribution in [1.29, 1.82) is 0 Å². The maximum Gasteiger partial charge on any atom is 0.339 e. The number of piperidine rings is 1. The maximum absolute atomic E-state index is 12.5. The van der Waals surface area contributed by atoms with Crippen LogP contribution >= 0.6 is 0 Å². The molecule has 1 N–H and O–H groups in total. The Balaban J connectivity index is 1.26. The molecular weight excluding hydrogens is 472 g/mol. The van der Waals surface area contributed by atoms with E-state index >= 15 is 0 Å². The molecule has 0 atom stereocenters. The van der Waals surface area contributed by atoms with Crippen LogP contribution in [-0.4, -0.2) is 49.5 Å². The third-order valence-electron chi connectivity index (χ3n) is 6.03. The number of esters is 1. The molecule has 192 valence electrons. The molecular formula is C29H30N2O6. The van der Waals surface area contributed by atoms with Crippen LogP contribution in [0, 0.1) is 0 Å². The predicted molar refractivity (Wildman–Crippen MR) is 139 cm³/mol. The lowest BCUT2D eigenvalue weighted by atomic mass is 10.1. The van der Waals surface area contributed by atoms with Crippen molar-refractivity contribution in [3.8, 4) is 17.2 Å². The number of ether oxygens (including phenoxy) is 3. The van der Waals surface area contributed by atoms with Crippen LogP contribution in [0.1, 0.15) is 35.2 Å². The van der Waals surface area contributed by atoms with Crippen molar-refractivity contribution in [3.05, 3.63) is 83.9 Å². The van der Waals surface area contributed by atoms with Crippen molar-refractivity contribution in [2.45, 2.75) is 25.7 Å². The first-order chi connectivity index (χ1) is 18.0. The van der Waals surface area contributed by atoms with Gasteiger partial charge in [0, 0.05) is 13.1 Å². The van der Waals surface area contributed by atoms with Gasteiger partial charge in [-0.25, -0.2) is 4.79 Å². The summed E-state index contributed by atoms with van der Waals surface area (Å²) in [6.07, 6.45) is 3.42. The lowest BCUT2D eigenvalue weighted by Crippen LogP contribution is -2.38. The van der Waals surface area contributed by atoms with Crippen LogP contribution in [0.5, 0.6) is 17.2 Å². The lowest BCUT2D eigenvalue weighted by Gasteiger charge is -2.26. The minimum atomic E-state index is -0.511. The molecule has 0 spiro atoms. The molecule has 3 aromatic carbocycles. The number of para-hydroxylation sites is 1. The lowest BCUT2D eigenvalue weighted by molar-refractivity contribution is -0.134. The van der Waals surface area contributed by atoms with Crippen LogP contribution in [0.2, 0.25) is 0 Å². The number of hydrogen-bond acceptors (Lipinski definition) is 6. The summed E-state index contributed by atoms with van der Waals surface area (Å²) in [7, 11) is 1.30. The Morgan fingerprint density at radius 1 is 0.811 bits per heavy atom. The third-order valence-corrected chi connectivity index (χ3v) is 6.03. The summed E-state index contributed by atoms with van der Waals surface area (Å²) >= 11 is 0. The van der Waals surface area contributed by atoms with Gasteiger partial charge in [-0.2, -0.15) is 0 Å². The van der Waals surface area contributed by atoms with Gasteiger partial charge in [0.15, 0.2) is 6.61 Å². The Morgan fingerprint density at radius 2 is 1.43 bits per heavy atom. The van der Waals surface area contributed by atoms with E-state index in [9.17, 15) is 14.4 Å². The topological polar surface area (TPSA) is 94.2 Å². The van der Waals surface area contributed by atoms with Gasteiger partial charge in [0.1, 0.15) is 17.2 Å². The molecule has 1 saturated heterocycles. The smallest absolute Gasteiger partial charge is 0.339 e. The molecule has 8 nitrogen and oxygen atoms in total. The van der Waals surface area contributed by atoms with Gasteiger partial charge in [0.2, 0.25) is 5.91 Å². The number of methoxy groups -OCH3 is 1. The Labute approximate surface area is 216 Å². The Kier molecular flexibility index (Phi) is 8.75. The van der Waals surface area contributed by atoms with Gasteiger partial charge < -0.3 is 24.4 Å². The zero-order chi connectivity index (χ0) is 26.0. The number of nitrogens with one attached hydrogen (secondary N) is 1. The van der Waals surface area contributed by atoms with E-state index in [2.05, 4.69) is 5.32 Å². The minimum absolute atomic E-state index is 0.0153. The summed E-state index contributed by atoms with van der Waals surface area (Å²) in [5, 5.41) is 2.76. The molecule has 8 heteroatoms. The van der Waals surface area contributed by atoms with Crippen LogP contribution in [0.3, 0.4) is 0 Å². The molecule has 0 radical (unpaired) electrons. The first kappa shape index (κ1) is 25.8. The van der Waals surface area contributed by atoms with E-state index in [-0.39, 0.29) is 24.8 Å². The van der Waals surface area contributed by atoms with Gasteiger partial charge in [-0.1, -0.05) is 24.3 Å². The number of carbonyl (C=O) groups is 3. The third kappa shape index (κ3) is 7.33. The molecule has 0 bridgehead atoms. The van der Waals surface area contributed by atoms with Crippen molar-refractivity contribution in [3.63, 3.8) is 0 Å². The van der Waals surface area contributed by atoms with Crippen LogP contribution in [-0.2, 0) is 20.7 Å². The summed E-state index contributed by atoms with van der Waals surface area (Å²) < 4.78 is 16.3. The second kappa shape index (κ2) is 12.6. The molecule has 1 fully saturated rings. The number of rotatable bonds is 9. The zero-order valence-corrected chi connectivity index (χ0v) is 20.8. The number of carbonyl (C=O) groups excluding carboxylic acids is 3. The van der Waals surface area contributed by atoms with E-state index in [1.54, 1.807) is 60.7 Å². The monoisotopic (exact) mass is 502 g/mol. The molecule has 3 aromatic rings. The summed E-state index contributed by atoms with van der Waals surface area (Å²) in [5.41, 5.74) is 1.50. The van der Waals surface area contributed by atoms with Gasteiger partial charge in [-0.05, 0) is 73.4 Å². The fourth-order valence-electron chi connectivity index (χ4n) is 4.05. The summed E-state index contributed by atoms with van der Waals surface area (Å²) in [6.45, 7) is 1.65. The number of likely N-dealkylation sites (tertiary alicyclic amines) is 1. The average Bonchev–Trinajstić information content (AvgIpc) is 2.94. The van der Waals surface area contributed by atoms with Crippen LogP contribution < -0.4 is 14.8 Å². The highest BCUT2D eigenvalue weighted by molar-refractivity contribution is 6.01. The number of amides is 2. The first-order valence-electron chi connectivity index (χ1n) is 12.3. The van der Waals surface area contributed by atoms with E-state index in [1.807, 2.05) is 17.0 Å². The van der Waals surface area contributed by atoms with Gasteiger partial charge in [0.25, 0.3) is 5.91 Å². The first-order valence-corrected chi connectivity index (χ1v) is 12.3. The molecule has 4 rings (SSSR count). The molecule has 0 unspecified atom stereocenters. The highest BCUT2D eigenvalue weighted by atomic mass is 16.5. The average molecular weight is 503 g/mol. The summed E-state index contributed by atoms with van der Waals surface area (Å²) in [5.74, 6) is 1.10. The quantitative estimate of drug-likeness (QED) is 0.421. The predicted octanol–water partition coefficient (Wildman–Crippen LogP) is 4.84. The number of hydrogen-bond donors (Lipinski definition) is 1. The number of anilines is 1. The Morgan fingerprint density at radius 3 is 2.11 bits per heavy atom. The van der Waals surface area contributed by atoms with Gasteiger partial charge in [0.05, 0.1) is 24.8 Å². The van der Waals surface area contributed by atoms with Crippen molar-refractivity contribution in [1.82, 2.24) is 4.90 Å². The van der Waals surface area contributed by atoms with Crippen molar-refractivity contribution in [2.24, 2.45) is 0 Å². The standard InChI is InChI=1S/C29H30N2O6/c1-35-29(34)25-7-3-4-8-26(25)30-27(32)19-21-9-11-23(12-10-21)37-24-15-13-22(14-16-24)36-20-28(33)31-17-5-2-6-18-31/h3-4,7-16H,2,5-6,17-20H2,1H3,(H,30,32). The SMILES string of the molecule is COC(=O)c1ccccc1NC(=O)Cc1ccc(Oc2ccc(OCC(=O)N3CCCCC3)cc2)cc1. The Hall–Kier alpha value is -4.33. The highest BCUT2D eigenvalue weighted by Crippen LogP contribution is 2.25. The number of nitrogens with zero attached hydrogens (tertiary/aromatic N) is 1. The van der Waals surface area contributed by atoms with Crippen molar-refractivity contribution < 1.29 is 28.6 Å². The highest BCUT2D eigenvalue weighted by Gasteiger charge is 2.17. The molecule has 0 aromatic heterocycles. The van der Waals surface area contributed by atoms with Crippen molar-refractivity contribution in [2.75, 3.05) is 32.1 Å². The molecule has 1 aliphatic rings. The van der Waals surface area contributed by atoms with E-state index in [0.29, 0.717) is 28.5 Å². The van der Waals surface area contributed by atoms with E-state index in [0.717, 1.165) is 31.5 Å². The summed E-state index contributed by atoms with van der Waals surface area (Å²) in [6, 6.07) is 21.0. The summed E-state index contributed by atoms with van der Waals surface area (Å²) in [4.78, 5) is 38.5. The van der Waals surface area contributed by atoms with Crippen molar-refractivity contribution >= 4 is 23.5 Å². The molecule has 1 heterocycles. The van der Waals surface area contributed by atoms with Gasteiger partial charge in [-0.3, -0.25) is 9.59 Å². The zero-order valence-electron chi connectivity index (χ0n) is 20.8. The normalized spacial score (nSPS) is 12.9. The molecule has 0 saturated carbocycles. The van der Waals surface area contributed by atoms with Crippen LogP contribution in [0.15, 0.2) is 72.8 Å². The minimum Gasteiger partial charge on any atom is -0.484 e. The number of benzene rings is 3. The second-order valence-electron chi connectivity index (χ2n) is 8.71. The Bertz CT molecular complexity index is 1220. The largest absolute Gasteiger partial charge is 0.484 e. The molecule has 0 aliphatic carbocycles.